The van der Waals surface area contributed by atoms with Gasteiger partial charge in [0, 0.05) is 36.7 Å². The molecule has 192 valence electrons. The highest BCUT2D eigenvalue weighted by Crippen LogP contribution is 2.23. The Bertz CT molecular complexity index is 996. The predicted molar refractivity (Wildman–Crippen MR) is 126 cm³/mol. The lowest BCUT2D eigenvalue weighted by Crippen LogP contribution is -2.42. The van der Waals surface area contributed by atoms with Crippen LogP contribution in [0.15, 0.2) is 17.6 Å². The minimum absolute atomic E-state index is 0.846. The average molecular weight is 510 g/mol. The first kappa shape index (κ1) is 28.2. The molecule has 2 aromatic rings. The van der Waals surface area contributed by atoms with Crippen LogP contribution in [0.2, 0.25) is 0 Å². The molecule has 1 aliphatic rings. The Balaban J connectivity index is 0.000000287. The Morgan fingerprint density at radius 1 is 1.06 bits per heavy atom. The second kappa shape index (κ2) is 13.2. The van der Waals surface area contributed by atoms with Gasteiger partial charge in [-0.05, 0) is 44.0 Å². The molecule has 12 nitrogen and oxygen atoms in total. The maximum absolute atomic E-state index is 10.3. The van der Waals surface area contributed by atoms with Crippen LogP contribution in [0.25, 0.3) is 0 Å². The van der Waals surface area contributed by atoms with Gasteiger partial charge in [0.15, 0.2) is 10.8 Å². The molecule has 13 heteroatoms. The van der Waals surface area contributed by atoms with Gasteiger partial charge in [-0.25, -0.2) is 14.8 Å². The summed E-state index contributed by atoms with van der Waals surface area (Å²) in [5.74, 6) is -4.02. The van der Waals surface area contributed by atoms with Crippen molar-refractivity contribution in [2.45, 2.75) is 69.3 Å². The number of carbonyl (C=O) groups is 3. The number of aromatic amines is 1. The first-order valence-corrected chi connectivity index (χ1v) is 12.1. The molecular formula is C22H31N5O7S. The van der Waals surface area contributed by atoms with E-state index >= 15 is 0 Å². The van der Waals surface area contributed by atoms with E-state index in [-0.39, 0.29) is 0 Å². The number of H-pyrrole nitrogens is 1. The number of fused-ring (bicyclic) bond motifs is 1. The van der Waals surface area contributed by atoms with Crippen molar-refractivity contribution >= 4 is 29.7 Å². The summed E-state index contributed by atoms with van der Waals surface area (Å²) in [4.78, 5) is 41.5. The molecule has 0 unspecified atom stereocenters. The first-order chi connectivity index (χ1) is 16.5. The Kier molecular flexibility index (Phi) is 10.6. The smallest absolute Gasteiger partial charge is 0.336 e. The zero-order valence-corrected chi connectivity index (χ0v) is 20.5. The van der Waals surface area contributed by atoms with Gasteiger partial charge in [0.2, 0.25) is 0 Å². The molecule has 0 saturated heterocycles. The number of thioether (sulfide) groups is 1. The van der Waals surface area contributed by atoms with Crippen LogP contribution >= 0.6 is 11.8 Å². The van der Waals surface area contributed by atoms with Crippen LogP contribution in [0.5, 0.6) is 0 Å². The molecule has 0 aromatic carbocycles. The molecule has 3 rings (SSSR count). The van der Waals surface area contributed by atoms with Crippen molar-refractivity contribution in [3.05, 3.63) is 34.9 Å². The molecule has 5 N–H and O–H groups in total. The van der Waals surface area contributed by atoms with Crippen molar-refractivity contribution in [1.29, 1.82) is 0 Å². The van der Waals surface area contributed by atoms with Gasteiger partial charge in [-0.15, -0.1) is 0 Å². The molecular weight excluding hydrogens is 478 g/mol. The largest absolute Gasteiger partial charge is 0.481 e. The number of carboxylic acid groups (broad SMARTS) is 3. The zero-order valence-electron chi connectivity index (χ0n) is 19.7. The number of aliphatic hydroxyl groups is 1. The van der Waals surface area contributed by atoms with Crippen molar-refractivity contribution in [3.8, 4) is 0 Å². The van der Waals surface area contributed by atoms with Gasteiger partial charge in [0.25, 0.3) is 0 Å². The summed E-state index contributed by atoms with van der Waals surface area (Å²) in [6.45, 7) is 3.83. The van der Waals surface area contributed by atoms with Crippen molar-refractivity contribution in [3.63, 3.8) is 0 Å². The maximum atomic E-state index is 10.3. The Morgan fingerprint density at radius 3 is 2.20 bits per heavy atom. The monoisotopic (exact) mass is 509 g/mol. The third-order valence-electron chi connectivity index (χ3n) is 5.25. The molecule has 0 atom stereocenters. The third kappa shape index (κ3) is 8.92. The fourth-order valence-electron chi connectivity index (χ4n) is 3.65. The summed E-state index contributed by atoms with van der Waals surface area (Å²) in [5.41, 5.74) is 2.41. The van der Waals surface area contributed by atoms with Gasteiger partial charge < -0.3 is 20.4 Å². The van der Waals surface area contributed by atoms with Gasteiger partial charge in [-0.1, -0.05) is 18.7 Å². The number of rotatable bonds is 11. The molecule has 0 saturated carbocycles. The normalized spacial score (nSPS) is 13.0. The number of nitrogens with one attached hydrogen (secondary N) is 1. The van der Waals surface area contributed by atoms with E-state index in [1.54, 1.807) is 11.8 Å². The fourth-order valence-corrected chi connectivity index (χ4v) is 4.16. The fraction of sp³-hybridized carbons (Fsp3) is 0.545. The highest BCUT2D eigenvalue weighted by Gasteiger charge is 2.40. The summed E-state index contributed by atoms with van der Waals surface area (Å²) in [7, 11) is 2.12. The number of aryl methyl sites for hydroxylation is 1. The molecule has 0 spiro atoms. The molecule has 1 aliphatic carbocycles. The van der Waals surface area contributed by atoms with Gasteiger partial charge in [-0.2, -0.15) is 5.10 Å². The maximum Gasteiger partial charge on any atom is 0.336 e. The molecule has 2 heterocycles. The number of hydrogen-bond donors (Lipinski definition) is 5. The van der Waals surface area contributed by atoms with Crippen LogP contribution in [-0.2, 0) is 40.3 Å². The third-order valence-corrected chi connectivity index (χ3v) is 6.01. The Morgan fingerprint density at radius 2 is 1.66 bits per heavy atom. The van der Waals surface area contributed by atoms with Crippen LogP contribution in [-0.4, -0.2) is 81.8 Å². The molecule has 0 bridgehead atoms. The molecule has 0 aliphatic heterocycles. The lowest BCUT2D eigenvalue weighted by Gasteiger charge is -2.18. The first-order valence-electron chi connectivity index (χ1n) is 11.1. The van der Waals surface area contributed by atoms with Crippen LogP contribution in [0, 0.1) is 0 Å². The predicted octanol–water partition coefficient (Wildman–Crippen LogP) is 1.57. The highest BCUT2D eigenvalue weighted by molar-refractivity contribution is 7.99. The number of aliphatic carboxylic acids is 3. The van der Waals surface area contributed by atoms with Crippen LogP contribution in [0.1, 0.15) is 55.1 Å². The average Bonchev–Trinajstić information content (AvgIpc) is 3.17. The number of aromatic nitrogens is 4. The number of carboxylic acids is 3. The summed E-state index contributed by atoms with van der Waals surface area (Å²) >= 11 is 1.67. The number of hydrogen-bond acceptors (Lipinski definition) is 9. The van der Waals surface area contributed by atoms with Crippen molar-refractivity contribution < 1.29 is 34.8 Å². The van der Waals surface area contributed by atoms with Crippen molar-refractivity contribution in [1.82, 2.24) is 25.1 Å². The standard InChI is InChI=1S/C16H23N5S.C6H8O7/c1-3-22-16-17-8-12(9-18-16)10-21(2)11-15-13-6-4-5-7-14(13)19-20-15;7-3(8)1-6(13,5(11)12)2-4(9)10/h8-9H,3-7,10-11H2,1-2H3,(H,19,20);13H,1-2H2,(H,7,8)(H,9,10)(H,11,12). The minimum atomic E-state index is -2.74. The molecule has 0 amide bonds. The van der Waals surface area contributed by atoms with E-state index < -0.39 is 36.4 Å². The van der Waals surface area contributed by atoms with Gasteiger partial charge in [0.05, 0.1) is 18.5 Å². The van der Waals surface area contributed by atoms with E-state index in [2.05, 4.69) is 39.0 Å². The van der Waals surface area contributed by atoms with Gasteiger partial charge >= 0.3 is 17.9 Å². The van der Waals surface area contributed by atoms with Crippen LogP contribution in [0.3, 0.4) is 0 Å². The van der Waals surface area contributed by atoms with Gasteiger partial charge in [0.1, 0.15) is 0 Å². The minimum Gasteiger partial charge on any atom is -0.481 e. The van der Waals surface area contributed by atoms with E-state index in [9.17, 15) is 14.4 Å². The number of nitrogens with zero attached hydrogens (tertiary/aromatic N) is 4. The highest BCUT2D eigenvalue weighted by atomic mass is 32.2. The van der Waals surface area contributed by atoms with E-state index in [1.807, 2.05) is 12.4 Å². The van der Waals surface area contributed by atoms with E-state index in [0.29, 0.717) is 0 Å². The van der Waals surface area contributed by atoms with Crippen LogP contribution < -0.4 is 0 Å². The van der Waals surface area contributed by atoms with E-state index in [4.69, 9.17) is 20.4 Å². The molecule has 0 fully saturated rings. The molecule has 0 radical (unpaired) electrons. The van der Waals surface area contributed by atoms with Crippen molar-refractivity contribution in [2.24, 2.45) is 0 Å². The summed E-state index contributed by atoms with van der Waals surface area (Å²) in [5, 5.41) is 42.4. The van der Waals surface area contributed by atoms with E-state index in [1.165, 1.54) is 36.2 Å². The van der Waals surface area contributed by atoms with E-state index in [0.717, 1.165) is 36.0 Å². The molecule has 35 heavy (non-hydrogen) atoms. The molecule has 2 aromatic heterocycles. The lowest BCUT2D eigenvalue weighted by atomic mass is 9.96. The Labute approximate surface area is 206 Å². The van der Waals surface area contributed by atoms with Crippen molar-refractivity contribution in [2.75, 3.05) is 12.8 Å². The SMILES string of the molecule is CCSc1ncc(CN(C)Cc2n[nH]c3c2CCCC3)cn1.O=C(O)CC(O)(CC(=O)O)C(=O)O. The summed E-state index contributed by atoms with van der Waals surface area (Å²) in [6.07, 6.45) is 6.46. The zero-order chi connectivity index (χ0) is 26.0. The quantitative estimate of drug-likeness (QED) is 0.217. The summed E-state index contributed by atoms with van der Waals surface area (Å²) < 4.78 is 0. The Hall–Kier alpha value is -3.03. The van der Waals surface area contributed by atoms with Gasteiger partial charge in [-0.3, -0.25) is 19.6 Å². The summed E-state index contributed by atoms with van der Waals surface area (Å²) in [6, 6.07) is 0. The lowest BCUT2D eigenvalue weighted by molar-refractivity contribution is -0.170. The van der Waals surface area contributed by atoms with Crippen LogP contribution in [0.4, 0.5) is 0 Å². The second-order valence-corrected chi connectivity index (χ2v) is 9.52. The topological polar surface area (TPSA) is 190 Å². The second-order valence-electron chi connectivity index (χ2n) is 8.29.